The van der Waals surface area contributed by atoms with Crippen LogP contribution in [-0.4, -0.2) is 22.6 Å². The van der Waals surface area contributed by atoms with Gasteiger partial charge >= 0.3 is 0 Å². The SMILES string of the molecule is O=C(c1ccc(-c2ccccc2)cc1)N1CCc2cn[nH]c2-c2ccccc21. The molecule has 5 rings (SSSR count). The van der Waals surface area contributed by atoms with E-state index in [1.165, 1.54) is 0 Å². The highest BCUT2D eigenvalue weighted by Crippen LogP contribution is 2.35. The molecule has 4 heteroatoms. The van der Waals surface area contributed by atoms with E-state index in [0.717, 1.165) is 40.1 Å². The van der Waals surface area contributed by atoms with Crippen LogP contribution in [0.2, 0.25) is 0 Å². The van der Waals surface area contributed by atoms with Crippen LogP contribution in [0.3, 0.4) is 0 Å². The minimum atomic E-state index is 0.0187. The summed E-state index contributed by atoms with van der Waals surface area (Å²) >= 11 is 0. The Morgan fingerprint density at radius 3 is 2.39 bits per heavy atom. The van der Waals surface area contributed by atoms with Crippen molar-refractivity contribution in [1.82, 2.24) is 10.2 Å². The molecule has 136 valence electrons. The minimum Gasteiger partial charge on any atom is -0.307 e. The number of para-hydroxylation sites is 1. The molecule has 0 atom stereocenters. The fraction of sp³-hybridized carbons (Fsp3) is 0.0833. The Balaban J connectivity index is 1.49. The number of benzene rings is 3. The molecule has 1 aromatic heterocycles. The lowest BCUT2D eigenvalue weighted by molar-refractivity contribution is 0.0987. The van der Waals surface area contributed by atoms with E-state index in [0.29, 0.717) is 12.1 Å². The van der Waals surface area contributed by atoms with Crippen LogP contribution in [0.25, 0.3) is 22.4 Å². The summed E-state index contributed by atoms with van der Waals surface area (Å²) in [7, 11) is 0. The summed E-state index contributed by atoms with van der Waals surface area (Å²) in [5, 5.41) is 7.27. The number of hydrogen-bond donors (Lipinski definition) is 1. The van der Waals surface area contributed by atoms with Crippen molar-refractivity contribution in [3.63, 3.8) is 0 Å². The van der Waals surface area contributed by atoms with Gasteiger partial charge in [-0.05, 0) is 41.3 Å². The smallest absolute Gasteiger partial charge is 0.258 e. The lowest BCUT2D eigenvalue weighted by atomic mass is 10.0. The average molecular weight is 365 g/mol. The summed E-state index contributed by atoms with van der Waals surface area (Å²) in [6.07, 6.45) is 2.63. The Hall–Kier alpha value is -3.66. The van der Waals surface area contributed by atoms with Gasteiger partial charge in [-0.2, -0.15) is 5.10 Å². The Morgan fingerprint density at radius 1 is 0.857 bits per heavy atom. The standard InChI is InChI=1S/C24H19N3O/c28-24(19-12-10-18(11-13-19)17-6-2-1-3-7-17)27-15-14-20-16-25-26-23(20)21-8-4-5-9-22(21)27/h1-13,16H,14-15H2,(H,25,26). The van der Waals surface area contributed by atoms with Gasteiger partial charge in [-0.3, -0.25) is 9.89 Å². The molecule has 1 N–H and O–H groups in total. The van der Waals surface area contributed by atoms with Crippen LogP contribution in [0.5, 0.6) is 0 Å². The van der Waals surface area contributed by atoms with Gasteiger partial charge in [-0.15, -0.1) is 0 Å². The summed E-state index contributed by atoms with van der Waals surface area (Å²) in [4.78, 5) is 15.2. The van der Waals surface area contributed by atoms with Gasteiger partial charge in [0.05, 0.1) is 17.6 Å². The largest absolute Gasteiger partial charge is 0.307 e. The monoisotopic (exact) mass is 365 g/mol. The summed E-state index contributed by atoms with van der Waals surface area (Å²) in [5.74, 6) is 0.0187. The summed E-state index contributed by atoms with van der Waals surface area (Å²) in [5.41, 5.74) is 7.03. The number of aromatic amines is 1. The van der Waals surface area contributed by atoms with Crippen LogP contribution in [0, 0.1) is 0 Å². The molecule has 0 unspecified atom stereocenters. The number of aromatic nitrogens is 2. The molecule has 1 amide bonds. The number of hydrogen-bond acceptors (Lipinski definition) is 2. The Labute approximate surface area is 163 Å². The van der Waals surface area contributed by atoms with Crippen LogP contribution in [0.4, 0.5) is 5.69 Å². The molecule has 0 aliphatic carbocycles. The third-order valence-corrected chi connectivity index (χ3v) is 5.27. The molecule has 0 bridgehead atoms. The molecule has 1 aliphatic heterocycles. The van der Waals surface area contributed by atoms with Crippen LogP contribution in [-0.2, 0) is 6.42 Å². The van der Waals surface area contributed by atoms with Crippen LogP contribution in [0.1, 0.15) is 15.9 Å². The van der Waals surface area contributed by atoms with Crippen molar-refractivity contribution in [2.45, 2.75) is 6.42 Å². The van der Waals surface area contributed by atoms with Crippen molar-refractivity contribution in [3.05, 3.63) is 96.2 Å². The number of carbonyl (C=O) groups excluding carboxylic acids is 1. The number of anilines is 1. The molecular formula is C24H19N3O. The van der Waals surface area contributed by atoms with Gasteiger partial charge < -0.3 is 4.90 Å². The maximum absolute atomic E-state index is 13.3. The summed E-state index contributed by atoms with van der Waals surface area (Å²) < 4.78 is 0. The lowest BCUT2D eigenvalue weighted by Gasteiger charge is -2.23. The second-order valence-electron chi connectivity index (χ2n) is 6.94. The van der Waals surface area contributed by atoms with Crippen LogP contribution in [0.15, 0.2) is 85.1 Å². The van der Waals surface area contributed by atoms with E-state index >= 15 is 0 Å². The fourth-order valence-corrected chi connectivity index (χ4v) is 3.81. The van der Waals surface area contributed by atoms with Crippen molar-refractivity contribution in [1.29, 1.82) is 0 Å². The van der Waals surface area contributed by atoms with E-state index in [4.69, 9.17) is 0 Å². The van der Waals surface area contributed by atoms with Gasteiger partial charge in [0.15, 0.2) is 0 Å². The number of nitrogens with one attached hydrogen (secondary N) is 1. The molecule has 28 heavy (non-hydrogen) atoms. The Morgan fingerprint density at radius 2 is 1.57 bits per heavy atom. The predicted molar refractivity (Wildman–Crippen MR) is 111 cm³/mol. The summed E-state index contributed by atoms with van der Waals surface area (Å²) in [6, 6.07) is 26.0. The van der Waals surface area contributed by atoms with E-state index in [9.17, 15) is 4.79 Å². The Bertz CT molecular complexity index is 1130. The second-order valence-corrected chi connectivity index (χ2v) is 6.94. The van der Waals surface area contributed by atoms with E-state index in [1.807, 2.05) is 77.8 Å². The minimum absolute atomic E-state index is 0.0187. The van der Waals surface area contributed by atoms with Crippen LogP contribution >= 0.6 is 0 Å². The maximum atomic E-state index is 13.3. The molecule has 4 nitrogen and oxygen atoms in total. The number of nitrogens with zero attached hydrogens (tertiary/aromatic N) is 2. The topological polar surface area (TPSA) is 49.0 Å². The fourth-order valence-electron chi connectivity index (χ4n) is 3.81. The van der Waals surface area contributed by atoms with Gasteiger partial charge in [-0.1, -0.05) is 60.7 Å². The Kier molecular flexibility index (Phi) is 4.02. The zero-order valence-corrected chi connectivity index (χ0v) is 15.3. The molecule has 3 aromatic carbocycles. The van der Waals surface area contributed by atoms with Gasteiger partial charge in [0, 0.05) is 17.7 Å². The molecule has 0 spiro atoms. The first kappa shape index (κ1) is 16.5. The van der Waals surface area contributed by atoms with E-state index in [-0.39, 0.29) is 5.91 Å². The molecular weight excluding hydrogens is 346 g/mol. The van der Waals surface area contributed by atoms with Crippen molar-refractivity contribution < 1.29 is 4.79 Å². The first-order valence-corrected chi connectivity index (χ1v) is 9.40. The number of amides is 1. The maximum Gasteiger partial charge on any atom is 0.258 e. The number of fused-ring (bicyclic) bond motifs is 3. The normalized spacial score (nSPS) is 12.8. The van der Waals surface area contributed by atoms with Crippen molar-refractivity contribution >= 4 is 11.6 Å². The van der Waals surface area contributed by atoms with E-state index in [1.54, 1.807) is 0 Å². The molecule has 2 heterocycles. The predicted octanol–water partition coefficient (Wildman–Crippen LogP) is 4.95. The van der Waals surface area contributed by atoms with E-state index in [2.05, 4.69) is 22.3 Å². The zero-order valence-electron chi connectivity index (χ0n) is 15.3. The lowest BCUT2D eigenvalue weighted by Crippen LogP contribution is -2.32. The number of H-pyrrole nitrogens is 1. The van der Waals surface area contributed by atoms with Crippen molar-refractivity contribution in [3.8, 4) is 22.4 Å². The molecule has 0 radical (unpaired) electrons. The van der Waals surface area contributed by atoms with Gasteiger partial charge in [-0.25, -0.2) is 0 Å². The highest BCUT2D eigenvalue weighted by atomic mass is 16.2. The first-order valence-electron chi connectivity index (χ1n) is 9.40. The van der Waals surface area contributed by atoms with Gasteiger partial charge in [0.2, 0.25) is 0 Å². The third-order valence-electron chi connectivity index (χ3n) is 5.27. The molecule has 0 saturated carbocycles. The van der Waals surface area contributed by atoms with E-state index < -0.39 is 0 Å². The number of rotatable bonds is 2. The second kappa shape index (κ2) is 6.82. The average Bonchev–Trinajstić information content (AvgIpc) is 3.17. The van der Waals surface area contributed by atoms with Crippen molar-refractivity contribution in [2.75, 3.05) is 11.4 Å². The van der Waals surface area contributed by atoms with Gasteiger partial charge in [0.25, 0.3) is 5.91 Å². The third kappa shape index (κ3) is 2.79. The molecule has 4 aromatic rings. The summed E-state index contributed by atoms with van der Waals surface area (Å²) in [6.45, 7) is 0.628. The highest BCUT2D eigenvalue weighted by molar-refractivity contribution is 6.08. The van der Waals surface area contributed by atoms with Crippen LogP contribution < -0.4 is 4.90 Å². The quantitative estimate of drug-likeness (QED) is 0.547. The molecule has 0 fully saturated rings. The number of carbonyl (C=O) groups is 1. The first-order chi connectivity index (χ1) is 13.8. The molecule has 0 saturated heterocycles. The van der Waals surface area contributed by atoms with Gasteiger partial charge in [0.1, 0.15) is 0 Å². The highest BCUT2D eigenvalue weighted by Gasteiger charge is 2.25. The molecule has 1 aliphatic rings. The van der Waals surface area contributed by atoms with Crippen molar-refractivity contribution in [2.24, 2.45) is 0 Å². The zero-order chi connectivity index (χ0) is 18.9.